The summed E-state index contributed by atoms with van der Waals surface area (Å²) in [4.78, 5) is 37.6. The highest BCUT2D eigenvalue weighted by atomic mass is 16.5. The Kier molecular flexibility index (Phi) is 14.4. The van der Waals surface area contributed by atoms with Crippen LogP contribution in [0.3, 0.4) is 0 Å². The van der Waals surface area contributed by atoms with E-state index in [9.17, 15) is 19.5 Å². The average Bonchev–Trinajstić information content (AvgIpc) is 3.78. The SMILES string of the molecule is Cc1ccc2oc(-c3ccc(OCCCCc4cn(CCOCCOCCOc5ccc(-c6oc7ccccc7c(=O)c6OCc6cccc(C(=O)O)c6)cc5)nn4)cc3)cc(=O)c2c1. The molecule has 0 amide bonds. The number of unbranched alkanes of at least 4 members (excludes halogenated alkanes) is 1. The molecule has 0 radical (unpaired) electrons. The summed E-state index contributed by atoms with van der Waals surface area (Å²) in [5.74, 6) is 1.12. The molecule has 5 aromatic carbocycles. The number of carboxylic acid groups (broad SMARTS) is 1. The van der Waals surface area contributed by atoms with Gasteiger partial charge in [0.25, 0.3) is 0 Å². The maximum absolute atomic E-state index is 13.5. The molecule has 0 aliphatic rings. The van der Waals surface area contributed by atoms with E-state index in [1.807, 2.05) is 55.6 Å². The Hall–Kier alpha value is -7.55. The predicted molar refractivity (Wildman–Crippen MR) is 244 cm³/mol. The molecule has 65 heavy (non-hydrogen) atoms. The van der Waals surface area contributed by atoms with Gasteiger partial charge in [0.05, 0.1) is 61.6 Å². The maximum Gasteiger partial charge on any atom is 0.335 e. The van der Waals surface area contributed by atoms with Crippen LogP contribution in [0.15, 0.2) is 146 Å². The number of aromatic carboxylic acids is 1. The monoisotopic (exact) mass is 877 g/mol. The van der Waals surface area contributed by atoms with Gasteiger partial charge in [0.15, 0.2) is 11.2 Å². The quantitative estimate of drug-likeness (QED) is 0.0640. The number of para-hydroxylation sites is 1. The Morgan fingerprint density at radius 3 is 2.20 bits per heavy atom. The minimum Gasteiger partial charge on any atom is -0.494 e. The van der Waals surface area contributed by atoms with Crippen LogP contribution in [0.4, 0.5) is 0 Å². The Morgan fingerprint density at radius 2 is 1.40 bits per heavy atom. The van der Waals surface area contributed by atoms with Crippen LogP contribution in [-0.2, 0) is 29.0 Å². The highest BCUT2D eigenvalue weighted by Crippen LogP contribution is 2.33. The van der Waals surface area contributed by atoms with Gasteiger partial charge in [0.1, 0.15) is 41.6 Å². The second kappa shape index (κ2) is 21.2. The summed E-state index contributed by atoms with van der Waals surface area (Å²) in [6.07, 6.45) is 4.48. The second-order valence-corrected chi connectivity index (χ2v) is 15.3. The molecule has 0 spiro atoms. The van der Waals surface area contributed by atoms with Crippen molar-refractivity contribution in [2.45, 2.75) is 39.3 Å². The van der Waals surface area contributed by atoms with Gasteiger partial charge in [0.2, 0.25) is 11.2 Å². The Labute approximate surface area is 373 Å². The van der Waals surface area contributed by atoms with Crippen molar-refractivity contribution in [2.75, 3.05) is 39.6 Å². The number of hydrogen-bond donors (Lipinski definition) is 1. The highest BCUT2D eigenvalue weighted by molar-refractivity contribution is 5.87. The average molecular weight is 878 g/mol. The molecule has 8 aromatic rings. The van der Waals surface area contributed by atoms with E-state index in [1.165, 1.54) is 18.2 Å². The molecule has 14 heteroatoms. The van der Waals surface area contributed by atoms with Gasteiger partial charge in [-0.1, -0.05) is 41.1 Å². The third-order valence-electron chi connectivity index (χ3n) is 10.5. The van der Waals surface area contributed by atoms with Gasteiger partial charge < -0.3 is 37.6 Å². The lowest BCUT2D eigenvalue weighted by Crippen LogP contribution is -2.13. The lowest BCUT2D eigenvalue weighted by atomic mass is 10.1. The highest BCUT2D eigenvalue weighted by Gasteiger charge is 2.19. The Balaban J connectivity index is 0.698. The van der Waals surface area contributed by atoms with E-state index in [2.05, 4.69) is 10.3 Å². The lowest BCUT2D eigenvalue weighted by Gasteiger charge is -2.13. The van der Waals surface area contributed by atoms with Crippen LogP contribution in [0.1, 0.15) is 40.0 Å². The van der Waals surface area contributed by atoms with Crippen molar-refractivity contribution < 1.29 is 42.4 Å². The molecule has 0 saturated carbocycles. The van der Waals surface area contributed by atoms with Gasteiger partial charge in [-0.3, -0.25) is 9.59 Å². The summed E-state index contributed by atoms with van der Waals surface area (Å²) in [5, 5.41) is 18.8. The molecule has 0 atom stereocenters. The fourth-order valence-corrected chi connectivity index (χ4v) is 7.09. The standard InChI is InChI=1S/C51H47N3O11/c1-34-12-21-46-43(29-34)44(55)31-47(64-46)36-13-17-40(18-14-36)61-23-5-4-9-39-32-54(53-52-39)22-24-59-25-26-60-27-28-62-41-19-15-37(16-20-41)49-50(48(56)42-10-2-3-11-45(42)65-49)63-33-35-7-6-8-38(30-35)51(57)58/h2-3,6-8,10-21,29-32H,4-5,9,22-28,33H2,1H3,(H,57,58). The zero-order chi connectivity index (χ0) is 45.0. The van der Waals surface area contributed by atoms with Crippen LogP contribution < -0.4 is 25.1 Å². The topological polar surface area (TPSA) is 175 Å². The van der Waals surface area contributed by atoms with Gasteiger partial charge in [-0.25, -0.2) is 9.48 Å². The molecule has 0 aliphatic heterocycles. The van der Waals surface area contributed by atoms with Crippen molar-refractivity contribution >= 4 is 27.9 Å². The summed E-state index contributed by atoms with van der Waals surface area (Å²) < 4.78 is 43.2. The van der Waals surface area contributed by atoms with Crippen molar-refractivity contribution in [3.05, 3.63) is 170 Å². The summed E-state index contributed by atoms with van der Waals surface area (Å²) in [6.45, 7) is 5.05. The van der Waals surface area contributed by atoms with Gasteiger partial charge in [-0.2, -0.15) is 0 Å². The van der Waals surface area contributed by atoms with E-state index in [1.54, 1.807) is 65.3 Å². The van der Waals surface area contributed by atoms with Crippen LogP contribution in [0, 0.1) is 6.92 Å². The number of nitrogens with zero attached hydrogens (tertiary/aromatic N) is 3. The van der Waals surface area contributed by atoms with Crippen molar-refractivity contribution in [3.63, 3.8) is 0 Å². The van der Waals surface area contributed by atoms with Gasteiger partial charge in [-0.05, 0) is 117 Å². The molecule has 0 bridgehead atoms. The van der Waals surface area contributed by atoms with Crippen LogP contribution in [0.2, 0.25) is 0 Å². The van der Waals surface area contributed by atoms with Crippen molar-refractivity contribution in [2.24, 2.45) is 0 Å². The largest absolute Gasteiger partial charge is 0.494 e. The summed E-state index contributed by atoms with van der Waals surface area (Å²) in [6, 6.07) is 35.1. The van der Waals surface area contributed by atoms with E-state index in [-0.39, 0.29) is 34.5 Å². The number of hydrogen-bond acceptors (Lipinski definition) is 12. The molecule has 332 valence electrons. The molecule has 14 nitrogen and oxygen atoms in total. The van der Waals surface area contributed by atoms with E-state index in [0.717, 1.165) is 41.8 Å². The molecule has 8 rings (SSSR count). The van der Waals surface area contributed by atoms with Crippen LogP contribution >= 0.6 is 0 Å². The van der Waals surface area contributed by atoms with E-state index >= 15 is 0 Å². The molecular weight excluding hydrogens is 831 g/mol. The third kappa shape index (κ3) is 11.5. The summed E-state index contributed by atoms with van der Waals surface area (Å²) in [7, 11) is 0. The number of rotatable bonds is 22. The number of aryl methyl sites for hydroxylation is 2. The fourth-order valence-electron chi connectivity index (χ4n) is 7.09. The normalized spacial score (nSPS) is 11.3. The van der Waals surface area contributed by atoms with E-state index in [0.29, 0.717) is 90.8 Å². The Morgan fingerprint density at radius 1 is 0.677 bits per heavy atom. The predicted octanol–water partition coefficient (Wildman–Crippen LogP) is 8.92. The minimum atomic E-state index is -1.05. The van der Waals surface area contributed by atoms with Crippen LogP contribution in [0.5, 0.6) is 17.2 Å². The summed E-state index contributed by atoms with van der Waals surface area (Å²) >= 11 is 0. The molecule has 0 unspecified atom stereocenters. The van der Waals surface area contributed by atoms with E-state index < -0.39 is 5.97 Å². The first-order valence-electron chi connectivity index (χ1n) is 21.3. The molecule has 3 heterocycles. The smallest absolute Gasteiger partial charge is 0.335 e. The first-order valence-corrected chi connectivity index (χ1v) is 21.3. The molecule has 0 saturated heterocycles. The Bertz CT molecular complexity index is 2990. The maximum atomic E-state index is 13.5. The van der Waals surface area contributed by atoms with Crippen molar-refractivity contribution in [1.82, 2.24) is 15.0 Å². The first-order chi connectivity index (χ1) is 31.8. The summed E-state index contributed by atoms with van der Waals surface area (Å²) in [5.41, 5.74) is 4.66. The number of carbonyl (C=O) groups is 1. The third-order valence-corrected chi connectivity index (χ3v) is 10.5. The number of fused-ring (bicyclic) bond motifs is 2. The van der Waals surface area contributed by atoms with Crippen LogP contribution in [0.25, 0.3) is 44.6 Å². The van der Waals surface area contributed by atoms with Crippen LogP contribution in [-0.4, -0.2) is 65.7 Å². The lowest BCUT2D eigenvalue weighted by molar-refractivity contribution is 0.0333. The van der Waals surface area contributed by atoms with Gasteiger partial charge >= 0.3 is 5.97 Å². The first kappa shape index (κ1) is 44.1. The molecule has 3 aromatic heterocycles. The number of carboxylic acids is 1. The number of ether oxygens (including phenoxy) is 5. The molecule has 0 aliphatic carbocycles. The number of benzene rings is 5. The van der Waals surface area contributed by atoms with Crippen molar-refractivity contribution in [1.29, 1.82) is 0 Å². The van der Waals surface area contributed by atoms with Gasteiger partial charge in [0, 0.05) is 23.4 Å². The molecule has 1 N–H and O–H groups in total. The van der Waals surface area contributed by atoms with Crippen molar-refractivity contribution in [3.8, 4) is 39.9 Å². The zero-order valence-corrected chi connectivity index (χ0v) is 35.8. The minimum absolute atomic E-state index is 0.0243. The second-order valence-electron chi connectivity index (χ2n) is 15.3. The molecule has 0 fully saturated rings. The van der Waals surface area contributed by atoms with Gasteiger partial charge in [-0.15, -0.1) is 5.10 Å². The fraction of sp³-hybridized carbons (Fsp3) is 0.235. The zero-order valence-electron chi connectivity index (χ0n) is 35.8. The molecular formula is C51H47N3O11. The van der Waals surface area contributed by atoms with E-state index in [4.69, 9.17) is 32.5 Å². The number of aromatic nitrogens is 3.